The summed E-state index contributed by atoms with van der Waals surface area (Å²) in [6.07, 6.45) is 6.32. The molecule has 1 N–H and O–H groups in total. The van der Waals surface area contributed by atoms with Crippen molar-refractivity contribution in [3.63, 3.8) is 0 Å². The van der Waals surface area contributed by atoms with Gasteiger partial charge in [-0.3, -0.25) is 0 Å². The van der Waals surface area contributed by atoms with Gasteiger partial charge in [0, 0.05) is 43.6 Å². The topological polar surface area (TPSA) is 67.4 Å². The van der Waals surface area contributed by atoms with Crippen molar-refractivity contribution in [2.24, 2.45) is 5.92 Å². The van der Waals surface area contributed by atoms with Crippen LogP contribution in [0.4, 0.5) is 17.3 Å². The molecule has 7 heteroatoms. The predicted molar refractivity (Wildman–Crippen MR) is 122 cm³/mol. The number of pyridine rings is 2. The highest BCUT2D eigenvalue weighted by Gasteiger charge is 2.28. The molecule has 0 radical (unpaired) electrons. The zero-order valence-electron chi connectivity index (χ0n) is 18.2. The van der Waals surface area contributed by atoms with E-state index >= 15 is 0 Å². The summed E-state index contributed by atoms with van der Waals surface area (Å²) in [6.45, 7) is 10.6. The van der Waals surface area contributed by atoms with Crippen LogP contribution in [0, 0.1) is 5.92 Å². The second-order valence-electron chi connectivity index (χ2n) is 8.81. The van der Waals surface area contributed by atoms with Gasteiger partial charge in [-0.25, -0.2) is 9.97 Å². The van der Waals surface area contributed by atoms with E-state index in [1.807, 2.05) is 32.2 Å². The van der Waals surface area contributed by atoms with Crippen LogP contribution in [0.15, 0.2) is 30.6 Å². The third kappa shape index (κ3) is 5.49. The number of hydrogen-bond acceptors (Lipinski definition) is 6. The van der Waals surface area contributed by atoms with Crippen LogP contribution in [0.25, 0.3) is 0 Å². The number of halogens is 1. The molecule has 0 spiro atoms. The third-order valence-corrected chi connectivity index (χ3v) is 5.58. The van der Waals surface area contributed by atoms with Gasteiger partial charge in [0.1, 0.15) is 12.1 Å². The molecule has 2 aromatic rings. The molecule has 1 aliphatic heterocycles. The van der Waals surface area contributed by atoms with Gasteiger partial charge in [0.2, 0.25) is 0 Å². The molecule has 1 saturated heterocycles. The van der Waals surface area contributed by atoms with Crippen LogP contribution in [0.3, 0.4) is 0 Å². The Hall–Kier alpha value is -2.18. The summed E-state index contributed by atoms with van der Waals surface area (Å²) < 4.78 is 5.58. The molecule has 3 rings (SSSR count). The van der Waals surface area contributed by atoms with E-state index in [0.717, 1.165) is 56.0 Å². The number of rotatable bonds is 8. The Morgan fingerprint density at radius 3 is 2.60 bits per heavy atom. The first-order valence-corrected chi connectivity index (χ1v) is 10.9. The maximum absolute atomic E-state index is 11.6. The summed E-state index contributed by atoms with van der Waals surface area (Å²) in [7, 11) is 0. The average molecular weight is 431 g/mol. The predicted octanol–water partition coefficient (Wildman–Crippen LogP) is 4.99. The van der Waals surface area contributed by atoms with Crippen molar-refractivity contribution in [1.29, 1.82) is 0 Å². The summed E-state index contributed by atoms with van der Waals surface area (Å²) >= 11 is 6.00. The summed E-state index contributed by atoms with van der Waals surface area (Å²) in [5, 5.41) is 3.99. The van der Waals surface area contributed by atoms with E-state index in [-0.39, 0.29) is 0 Å². The number of ether oxygens (including phenoxy) is 1. The van der Waals surface area contributed by atoms with Gasteiger partial charge in [0.15, 0.2) is 5.82 Å². The number of carbonyl (C=O) groups is 1. The van der Waals surface area contributed by atoms with Crippen molar-refractivity contribution < 1.29 is 9.53 Å². The molecule has 0 amide bonds. The zero-order chi connectivity index (χ0) is 21.7. The molecule has 0 aromatic carbocycles. The Morgan fingerprint density at radius 1 is 1.27 bits per heavy atom. The molecule has 162 valence electrons. The zero-order valence-corrected chi connectivity index (χ0v) is 18.9. The number of hydrogen-bond donors (Lipinski definition) is 1. The van der Waals surface area contributed by atoms with Crippen LogP contribution in [0.5, 0.6) is 0 Å². The first-order valence-electron chi connectivity index (χ1n) is 10.5. The van der Waals surface area contributed by atoms with E-state index in [1.165, 1.54) is 0 Å². The van der Waals surface area contributed by atoms with Gasteiger partial charge in [-0.15, -0.1) is 0 Å². The molecular weight excluding hydrogens is 400 g/mol. The summed E-state index contributed by atoms with van der Waals surface area (Å²) in [4.78, 5) is 23.2. The van der Waals surface area contributed by atoms with Crippen molar-refractivity contribution in [1.82, 2.24) is 9.97 Å². The van der Waals surface area contributed by atoms with Crippen LogP contribution < -0.4 is 10.2 Å². The van der Waals surface area contributed by atoms with Crippen molar-refractivity contribution in [2.75, 3.05) is 30.0 Å². The number of aldehydes is 1. The van der Waals surface area contributed by atoms with Gasteiger partial charge >= 0.3 is 0 Å². The Morgan fingerprint density at radius 2 is 2.00 bits per heavy atom. The molecule has 2 aromatic heterocycles. The van der Waals surface area contributed by atoms with Crippen LogP contribution in [0.1, 0.15) is 46.1 Å². The Kier molecular flexibility index (Phi) is 7.32. The van der Waals surface area contributed by atoms with Crippen LogP contribution >= 0.6 is 11.6 Å². The highest BCUT2D eigenvalue weighted by atomic mass is 35.5. The second-order valence-corrected chi connectivity index (χ2v) is 9.25. The Labute approximate surface area is 184 Å². The standard InChI is InChI=1S/C23H31ClN4O2/c1-16(2)14-28(19-7-9-30-10-8-19)22-20(27-21-6-5-18(24)13-25-21)11-17(12-26-22)23(3,4)15-29/h5-6,11-13,15-16,19H,7-10,14H2,1-4H3,(H,25,27). The van der Waals surface area contributed by atoms with E-state index in [1.54, 1.807) is 12.3 Å². The van der Waals surface area contributed by atoms with Gasteiger partial charge in [-0.05, 0) is 56.4 Å². The van der Waals surface area contributed by atoms with Crippen LogP contribution in [-0.4, -0.2) is 42.1 Å². The molecule has 3 heterocycles. The monoisotopic (exact) mass is 430 g/mol. The van der Waals surface area contributed by atoms with Crippen LogP contribution in [-0.2, 0) is 14.9 Å². The van der Waals surface area contributed by atoms with Gasteiger partial charge < -0.3 is 19.7 Å². The van der Waals surface area contributed by atoms with E-state index < -0.39 is 5.41 Å². The molecule has 0 bridgehead atoms. The van der Waals surface area contributed by atoms with E-state index in [9.17, 15) is 4.79 Å². The molecule has 0 saturated carbocycles. The van der Waals surface area contributed by atoms with Crippen molar-refractivity contribution in [3.05, 3.63) is 41.2 Å². The number of nitrogens with one attached hydrogen (secondary N) is 1. The number of nitrogens with zero attached hydrogens (tertiary/aromatic N) is 3. The molecule has 1 fully saturated rings. The lowest BCUT2D eigenvalue weighted by Crippen LogP contribution is -2.42. The maximum Gasteiger partial charge on any atom is 0.152 e. The fraction of sp³-hybridized carbons (Fsp3) is 0.522. The molecule has 0 aliphatic carbocycles. The van der Waals surface area contributed by atoms with Gasteiger partial charge in [-0.1, -0.05) is 25.4 Å². The average Bonchev–Trinajstić information content (AvgIpc) is 2.74. The van der Waals surface area contributed by atoms with Gasteiger partial charge in [0.25, 0.3) is 0 Å². The van der Waals surface area contributed by atoms with E-state index in [2.05, 4.69) is 29.0 Å². The minimum Gasteiger partial charge on any atom is -0.381 e. The van der Waals surface area contributed by atoms with Crippen molar-refractivity contribution >= 4 is 35.2 Å². The Bertz CT molecular complexity index is 849. The molecule has 30 heavy (non-hydrogen) atoms. The molecular formula is C23H31ClN4O2. The van der Waals surface area contributed by atoms with Gasteiger partial charge in [0.05, 0.1) is 10.7 Å². The van der Waals surface area contributed by atoms with Crippen LogP contribution in [0.2, 0.25) is 5.02 Å². The highest BCUT2D eigenvalue weighted by Crippen LogP contribution is 2.34. The number of carbonyl (C=O) groups excluding carboxylic acids is 1. The second kappa shape index (κ2) is 9.75. The first-order chi connectivity index (χ1) is 14.3. The summed E-state index contributed by atoms with van der Waals surface area (Å²) in [6, 6.07) is 6.01. The minimum atomic E-state index is -0.628. The van der Waals surface area contributed by atoms with Crippen molar-refractivity contribution in [3.8, 4) is 0 Å². The Balaban J connectivity index is 2.05. The SMILES string of the molecule is CC(C)CN(c1ncc(C(C)(C)C=O)cc1Nc1ccc(Cl)cn1)C1CCOCC1. The lowest BCUT2D eigenvalue weighted by Gasteiger charge is -2.37. The summed E-state index contributed by atoms with van der Waals surface area (Å²) in [5.41, 5.74) is 1.07. The first kappa shape index (κ1) is 22.5. The minimum absolute atomic E-state index is 0.359. The van der Waals surface area contributed by atoms with Gasteiger partial charge in [-0.2, -0.15) is 0 Å². The highest BCUT2D eigenvalue weighted by molar-refractivity contribution is 6.30. The fourth-order valence-electron chi connectivity index (χ4n) is 3.59. The number of anilines is 3. The third-order valence-electron chi connectivity index (χ3n) is 5.36. The lowest BCUT2D eigenvalue weighted by molar-refractivity contribution is -0.111. The maximum atomic E-state index is 11.6. The molecule has 0 unspecified atom stereocenters. The smallest absolute Gasteiger partial charge is 0.152 e. The molecule has 1 aliphatic rings. The molecule has 6 nitrogen and oxygen atoms in total. The van der Waals surface area contributed by atoms with Crippen molar-refractivity contribution in [2.45, 2.75) is 52.0 Å². The summed E-state index contributed by atoms with van der Waals surface area (Å²) in [5.74, 6) is 2.03. The lowest BCUT2D eigenvalue weighted by atomic mass is 9.87. The fourth-order valence-corrected chi connectivity index (χ4v) is 3.70. The van der Waals surface area contributed by atoms with E-state index in [4.69, 9.17) is 21.3 Å². The normalized spacial score (nSPS) is 15.3. The molecule has 0 atom stereocenters. The quantitative estimate of drug-likeness (QED) is 0.595. The number of aromatic nitrogens is 2. The van der Waals surface area contributed by atoms with E-state index in [0.29, 0.717) is 22.8 Å². The largest absolute Gasteiger partial charge is 0.381 e.